The van der Waals surface area contributed by atoms with Crippen LogP contribution in [0.4, 0.5) is 8.78 Å². The minimum Gasteiger partial charge on any atom is -0.376 e. The minimum atomic E-state index is -1.37. The largest absolute Gasteiger partial charge is 0.376 e. The lowest BCUT2D eigenvalue weighted by Crippen LogP contribution is -2.36. The molecule has 7 nitrogen and oxygen atoms in total. The molecule has 2 atom stereocenters. The topological polar surface area (TPSA) is 99.5 Å². The average Bonchev–Trinajstić information content (AvgIpc) is 3.35. The summed E-state index contributed by atoms with van der Waals surface area (Å²) in [6.07, 6.45) is 1.43. The van der Waals surface area contributed by atoms with Crippen molar-refractivity contribution in [1.29, 1.82) is 5.26 Å². The molecule has 2 aromatic rings. The van der Waals surface area contributed by atoms with Crippen LogP contribution in [0, 0.1) is 23.0 Å². The molecule has 0 radical (unpaired) electrons. The van der Waals surface area contributed by atoms with Crippen LogP contribution in [0.25, 0.3) is 0 Å². The smallest absolute Gasteiger partial charge is 0.261 e. The number of imide groups is 1. The number of carbonyl (C=O) groups excluding carboxylic acids is 3. The van der Waals surface area contributed by atoms with Crippen molar-refractivity contribution < 1.29 is 27.9 Å². The van der Waals surface area contributed by atoms with Crippen molar-refractivity contribution in [3.05, 3.63) is 70.3 Å². The van der Waals surface area contributed by atoms with E-state index in [4.69, 9.17) is 4.74 Å². The Morgan fingerprint density at radius 1 is 1.19 bits per heavy atom. The van der Waals surface area contributed by atoms with Crippen molar-refractivity contribution in [3.8, 4) is 6.07 Å². The lowest BCUT2D eigenvalue weighted by molar-refractivity contribution is 0.0475. The maximum Gasteiger partial charge on any atom is 0.261 e. The number of halogens is 2. The molecule has 3 amide bonds. The van der Waals surface area contributed by atoms with Gasteiger partial charge in [-0.25, -0.2) is 8.78 Å². The van der Waals surface area contributed by atoms with Crippen LogP contribution in [-0.2, 0) is 4.74 Å². The summed E-state index contributed by atoms with van der Waals surface area (Å²) in [5.41, 5.74) is 0.104. The summed E-state index contributed by atoms with van der Waals surface area (Å²) < 4.78 is 32.6. The lowest BCUT2D eigenvalue weighted by Gasteiger charge is -2.17. The molecular weight excluding hydrogens is 408 g/mol. The zero-order chi connectivity index (χ0) is 22.1. The number of ether oxygens (including phenoxy) is 1. The standard InChI is InChI=1S/C22H17F2N3O4/c23-13-4-6-16(18(24)9-13)19(10-25)26-20(28)12-3-5-15-17(8-12)22(30)27(21(15)29)11-14-2-1-7-31-14/h3-6,8-9,14,19H,1-2,7,11H2,(H,26,28). The Bertz CT molecular complexity index is 1120. The highest BCUT2D eigenvalue weighted by molar-refractivity contribution is 6.22. The molecule has 0 spiro atoms. The van der Waals surface area contributed by atoms with Crippen LogP contribution in [-0.4, -0.2) is 41.9 Å². The van der Waals surface area contributed by atoms with E-state index in [0.717, 1.165) is 29.9 Å². The van der Waals surface area contributed by atoms with E-state index in [1.54, 1.807) is 6.07 Å². The Hall–Kier alpha value is -3.64. The van der Waals surface area contributed by atoms with Gasteiger partial charge in [0.05, 0.1) is 29.8 Å². The highest BCUT2D eigenvalue weighted by atomic mass is 19.1. The van der Waals surface area contributed by atoms with Gasteiger partial charge in [0.2, 0.25) is 0 Å². The molecule has 1 saturated heterocycles. The number of nitrogens with zero attached hydrogens (tertiary/aromatic N) is 2. The second kappa shape index (κ2) is 8.24. The average molecular weight is 425 g/mol. The molecule has 31 heavy (non-hydrogen) atoms. The number of rotatable bonds is 5. The van der Waals surface area contributed by atoms with Gasteiger partial charge in [0, 0.05) is 23.8 Å². The molecule has 2 aliphatic heterocycles. The van der Waals surface area contributed by atoms with Crippen molar-refractivity contribution in [2.45, 2.75) is 25.0 Å². The van der Waals surface area contributed by atoms with Crippen molar-refractivity contribution in [2.24, 2.45) is 0 Å². The Labute approximate surface area is 176 Å². The van der Waals surface area contributed by atoms with Crippen molar-refractivity contribution in [1.82, 2.24) is 10.2 Å². The Morgan fingerprint density at radius 3 is 2.65 bits per heavy atom. The lowest BCUT2D eigenvalue weighted by atomic mass is 10.0. The number of fused-ring (bicyclic) bond motifs is 1. The van der Waals surface area contributed by atoms with Crippen LogP contribution < -0.4 is 5.32 Å². The van der Waals surface area contributed by atoms with Gasteiger partial charge >= 0.3 is 0 Å². The normalized spacial score (nSPS) is 18.6. The van der Waals surface area contributed by atoms with E-state index in [1.807, 2.05) is 0 Å². The van der Waals surface area contributed by atoms with E-state index >= 15 is 0 Å². The van der Waals surface area contributed by atoms with Crippen molar-refractivity contribution >= 4 is 17.7 Å². The third kappa shape index (κ3) is 3.90. The first-order chi connectivity index (χ1) is 14.9. The fraction of sp³-hybridized carbons (Fsp3) is 0.273. The van der Waals surface area contributed by atoms with E-state index < -0.39 is 35.4 Å². The van der Waals surface area contributed by atoms with E-state index in [1.165, 1.54) is 18.2 Å². The first-order valence-corrected chi connectivity index (χ1v) is 9.66. The van der Waals surface area contributed by atoms with E-state index in [-0.39, 0.29) is 34.9 Å². The number of benzene rings is 2. The second-order valence-electron chi connectivity index (χ2n) is 7.32. The van der Waals surface area contributed by atoms with Crippen LogP contribution in [0.3, 0.4) is 0 Å². The Balaban J connectivity index is 1.53. The molecule has 9 heteroatoms. The van der Waals surface area contributed by atoms with Crippen LogP contribution in [0.15, 0.2) is 36.4 Å². The van der Waals surface area contributed by atoms with Crippen LogP contribution >= 0.6 is 0 Å². The predicted octanol–water partition coefficient (Wildman–Crippen LogP) is 2.73. The van der Waals surface area contributed by atoms with Gasteiger partial charge in [-0.1, -0.05) is 6.07 Å². The molecule has 2 aliphatic rings. The van der Waals surface area contributed by atoms with Crippen LogP contribution in [0.2, 0.25) is 0 Å². The molecule has 1 N–H and O–H groups in total. The third-order valence-corrected chi connectivity index (χ3v) is 5.32. The molecule has 1 fully saturated rings. The molecule has 2 heterocycles. The van der Waals surface area contributed by atoms with Gasteiger partial charge in [-0.15, -0.1) is 0 Å². The van der Waals surface area contributed by atoms with Gasteiger partial charge in [0.1, 0.15) is 17.7 Å². The quantitative estimate of drug-likeness (QED) is 0.743. The van der Waals surface area contributed by atoms with Crippen molar-refractivity contribution in [2.75, 3.05) is 13.2 Å². The Kier molecular flexibility index (Phi) is 5.48. The summed E-state index contributed by atoms with van der Waals surface area (Å²) in [5.74, 6) is -3.49. The molecule has 0 aromatic heterocycles. The second-order valence-corrected chi connectivity index (χ2v) is 7.32. The zero-order valence-corrected chi connectivity index (χ0v) is 16.2. The number of nitriles is 1. The van der Waals surface area contributed by atoms with E-state index in [0.29, 0.717) is 12.7 Å². The maximum absolute atomic E-state index is 14.0. The third-order valence-electron chi connectivity index (χ3n) is 5.32. The van der Waals surface area contributed by atoms with Crippen LogP contribution in [0.1, 0.15) is 55.5 Å². The van der Waals surface area contributed by atoms with Gasteiger partial charge < -0.3 is 10.1 Å². The molecule has 4 rings (SSSR count). The minimum absolute atomic E-state index is 0.0293. The molecule has 158 valence electrons. The number of hydrogen-bond donors (Lipinski definition) is 1. The Morgan fingerprint density at radius 2 is 1.97 bits per heavy atom. The molecule has 2 aromatic carbocycles. The first-order valence-electron chi connectivity index (χ1n) is 9.66. The fourth-order valence-electron chi connectivity index (χ4n) is 3.72. The number of nitrogens with one attached hydrogen (secondary N) is 1. The summed E-state index contributed by atoms with van der Waals surface area (Å²) in [7, 11) is 0. The summed E-state index contributed by atoms with van der Waals surface area (Å²) >= 11 is 0. The van der Waals surface area contributed by atoms with Gasteiger partial charge in [0.15, 0.2) is 0 Å². The van der Waals surface area contributed by atoms with Gasteiger partial charge in [0.25, 0.3) is 17.7 Å². The number of carbonyl (C=O) groups is 3. The van der Waals surface area contributed by atoms with Gasteiger partial charge in [-0.05, 0) is 37.1 Å². The van der Waals surface area contributed by atoms with Crippen molar-refractivity contribution in [3.63, 3.8) is 0 Å². The maximum atomic E-state index is 14.0. The van der Waals surface area contributed by atoms with E-state index in [2.05, 4.69) is 5.32 Å². The van der Waals surface area contributed by atoms with Gasteiger partial charge in [-0.3, -0.25) is 19.3 Å². The highest BCUT2D eigenvalue weighted by Crippen LogP contribution is 2.26. The monoisotopic (exact) mass is 425 g/mol. The fourth-order valence-corrected chi connectivity index (χ4v) is 3.72. The summed E-state index contributed by atoms with van der Waals surface area (Å²) in [6, 6.07) is 7.07. The summed E-state index contributed by atoms with van der Waals surface area (Å²) in [4.78, 5) is 39.0. The molecule has 0 bridgehead atoms. The zero-order valence-electron chi connectivity index (χ0n) is 16.2. The van der Waals surface area contributed by atoms with Gasteiger partial charge in [-0.2, -0.15) is 5.26 Å². The summed E-state index contributed by atoms with van der Waals surface area (Å²) in [5, 5.41) is 11.7. The highest BCUT2D eigenvalue weighted by Gasteiger charge is 2.38. The van der Waals surface area contributed by atoms with Crippen LogP contribution in [0.5, 0.6) is 0 Å². The molecule has 2 unspecified atom stereocenters. The molecular formula is C22H17F2N3O4. The number of amides is 3. The first kappa shape index (κ1) is 20.6. The number of hydrogen-bond acceptors (Lipinski definition) is 5. The predicted molar refractivity (Wildman–Crippen MR) is 103 cm³/mol. The summed E-state index contributed by atoms with van der Waals surface area (Å²) in [6.45, 7) is 0.737. The van der Waals surface area contributed by atoms with E-state index in [9.17, 15) is 28.4 Å². The SMILES string of the molecule is N#CC(NC(=O)c1ccc2c(c1)C(=O)N(CC1CCCO1)C2=O)c1ccc(F)cc1F. The molecule has 0 aliphatic carbocycles. The molecule has 0 saturated carbocycles.